The third-order valence-corrected chi connectivity index (χ3v) is 3.19. The lowest BCUT2D eigenvalue weighted by atomic mass is 10.1. The Labute approximate surface area is 118 Å². The molecule has 2 rings (SSSR count). The predicted molar refractivity (Wildman–Crippen MR) is 71.5 cm³/mol. The highest BCUT2D eigenvalue weighted by atomic mass is 32.3. The average Bonchev–Trinajstić information content (AvgIpc) is 2.70. The third-order valence-electron chi connectivity index (χ3n) is 2.80. The van der Waals surface area contributed by atoms with Crippen LogP contribution in [-0.2, 0) is 21.6 Å². The molecule has 0 aliphatic rings. The van der Waals surface area contributed by atoms with Crippen LogP contribution in [0.1, 0.15) is 5.56 Å². The summed E-state index contributed by atoms with van der Waals surface area (Å²) in [6.45, 7) is 0. The predicted octanol–water partition coefficient (Wildman–Crippen LogP) is 0.00950. The Morgan fingerprint density at radius 1 is 1.43 bits per heavy atom. The summed E-state index contributed by atoms with van der Waals surface area (Å²) >= 11 is 0. The molecule has 0 aliphatic heterocycles. The number of aromatic hydroxyl groups is 1. The van der Waals surface area contributed by atoms with Crippen LogP contribution in [0.2, 0.25) is 0 Å². The molecule has 0 fully saturated rings. The second kappa shape index (κ2) is 5.24. The first kappa shape index (κ1) is 15.1. The van der Waals surface area contributed by atoms with Crippen LogP contribution in [0, 0.1) is 0 Å². The summed E-state index contributed by atoms with van der Waals surface area (Å²) in [6.07, 6.45) is 1.48. The van der Waals surface area contributed by atoms with E-state index in [1.165, 1.54) is 18.3 Å². The molecule has 1 aromatic heterocycles. The number of aromatic amines is 1. The molecule has 0 radical (unpaired) electrons. The molecule has 0 amide bonds. The van der Waals surface area contributed by atoms with Crippen LogP contribution in [0.4, 0.5) is 0 Å². The minimum atomic E-state index is -4.79. The summed E-state index contributed by atoms with van der Waals surface area (Å²) in [4.78, 5) is 13.5. The van der Waals surface area contributed by atoms with Crippen LogP contribution >= 0.6 is 0 Å². The molecule has 9 nitrogen and oxygen atoms in total. The standard InChI is InChI=1S/C11H12N2O7S/c12-7(11(15)16)1-5-4-13-8-3-9(14)10(2-6(5)8)20-21(17,18)19/h2-4,7,13-14H,1,12H2,(H,15,16)(H,17,18,19)/t7-/m0/s1. The van der Waals surface area contributed by atoms with Gasteiger partial charge >= 0.3 is 16.4 Å². The van der Waals surface area contributed by atoms with Crippen LogP contribution in [0.3, 0.4) is 0 Å². The van der Waals surface area contributed by atoms with Crippen molar-refractivity contribution in [1.29, 1.82) is 0 Å². The lowest BCUT2D eigenvalue weighted by Crippen LogP contribution is -2.32. The number of carbonyl (C=O) groups is 1. The topological polar surface area (TPSA) is 163 Å². The SMILES string of the molecule is N[C@@H](Cc1c[nH]c2cc(O)c(OS(=O)(=O)O)cc12)C(=O)O. The summed E-state index contributed by atoms with van der Waals surface area (Å²) in [5.74, 6) is -2.16. The molecule has 0 aliphatic carbocycles. The van der Waals surface area contributed by atoms with Gasteiger partial charge in [0.05, 0.1) is 0 Å². The molecule has 2 aromatic rings. The van der Waals surface area contributed by atoms with Crippen LogP contribution in [0.5, 0.6) is 11.5 Å². The van der Waals surface area contributed by atoms with Gasteiger partial charge in [-0.1, -0.05) is 0 Å². The Hall–Kier alpha value is -2.30. The summed E-state index contributed by atoms with van der Waals surface area (Å²) in [6, 6.07) is 1.22. The number of hydrogen-bond donors (Lipinski definition) is 5. The smallest absolute Gasteiger partial charge is 0.446 e. The van der Waals surface area contributed by atoms with Gasteiger partial charge in [-0.05, 0) is 11.6 Å². The van der Waals surface area contributed by atoms with E-state index in [1.807, 2.05) is 0 Å². The fraction of sp³-hybridized carbons (Fsp3) is 0.182. The number of phenols is 1. The number of benzene rings is 1. The number of rotatable bonds is 5. The zero-order valence-corrected chi connectivity index (χ0v) is 11.3. The van der Waals surface area contributed by atoms with Gasteiger partial charge in [0, 0.05) is 29.6 Å². The van der Waals surface area contributed by atoms with Crippen molar-refractivity contribution < 1.29 is 32.2 Å². The van der Waals surface area contributed by atoms with Crippen molar-refractivity contribution in [3.63, 3.8) is 0 Å². The summed E-state index contributed by atoms with van der Waals surface area (Å²) in [7, 11) is -4.79. The number of aliphatic carboxylic acids is 1. The highest BCUT2D eigenvalue weighted by Gasteiger charge is 2.18. The molecule has 1 aromatic carbocycles. The van der Waals surface area contributed by atoms with E-state index < -0.39 is 33.9 Å². The van der Waals surface area contributed by atoms with E-state index in [1.54, 1.807) is 0 Å². The van der Waals surface area contributed by atoms with Gasteiger partial charge in [-0.2, -0.15) is 8.42 Å². The highest BCUT2D eigenvalue weighted by Crippen LogP contribution is 2.33. The van der Waals surface area contributed by atoms with Gasteiger partial charge in [0.2, 0.25) is 0 Å². The van der Waals surface area contributed by atoms with E-state index in [0.29, 0.717) is 16.5 Å². The van der Waals surface area contributed by atoms with Gasteiger partial charge in [0.15, 0.2) is 11.5 Å². The van der Waals surface area contributed by atoms with Crippen molar-refractivity contribution in [3.05, 3.63) is 23.9 Å². The molecule has 6 N–H and O–H groups in total. The fourth-order valence-electron chi connectivity index (χ4n) is 1.87. The zero-order valence-electron chi connectivity index (χ0n) is 10.5. The molecular formula is C11H12N2O7S. The van der Waals surface area contributed by atoms with Gasteiger partial charge in [0.1, 0.15) is 6.04 Å². The normalized spacial score (nSPS) is 13.2. The molecule has 10 heteroatoms. The Kier molecular flexibility index (Phi) is 3.77. The van der Waals surface area contributed by atoms with E-state index in [4.69, 9.17) is 15.4 Å². The molecule has 0 saturated carbocycles. The average molecular weight is 316 g/mol. The van der Waals surface area contributed by atoms with Gasteiger partial charge in [0.25, 0.3) is 0 Å². The number of phenolic OH excluding ortho intramolecular Hbond substituents is 1. The number of H-pyrrole nitrogens is 1. The molecule has 0 unspecified atom stereocenters. The number of fused-ring (bicyclic) bond motifs is 1. The lowest BCUT2D eigenvalue weighted by Gasteiger charge is -2.07. The molecule has 1 heterocycles. The molecule has 0 saturated heterocycles. The fourth-order valence-corrected chi connectivity index (χ4v) is 2.23. The Bertz CT molecular complexity index is 796. The monoisotopic (exact) mass is 316 g/mol. The maximum Gasteiger partial charge on any atom is 0.446 e. The number of hydrogen-bond acceptors (Lipinski definition) is 6. The van der Waals surface area contributed by atoms with Crippen molar-refractivity contribution in [2.75, 3.05) is 0 Å². The first-order chi connectivity index (χ1) is 9.67. The van der Waals surface area contributed by atoms with Crippen LogP contribution in [-0.4, -0.2) is 40.2 Å². The van der Waals surface area contributed by atoms with E-state index in [0.717, 1.165) is 0 Å². The minimum absolute atomic E-state index is 0.00851. The van der Waals surface area contributed by atoms with Crippen molar-refractivity contribution in [1.82, 2.24) is 4.98 Å². The first-order valence-corrected chi connectivity index (χ1v) is 7.02. The third kappa shape index (κ3) is 3.42. The van der Waals surface area contributed by atoms with E-state index >= 15 is 0 Å². The lowest BCUT2D eigenvalue weighted by molar-refractivity contribution is -0.138. The molecule has 0 bridgehead atoms. The zero-order chi connectivity index (χ0) is 15.8. The van der Waals surface area contributed by atoms with E-state index in [9.17, 15) is 18.3 Å². The quantitative estimate of drug-likeness (QED) is 0.481. The molecule has 0 spiro atoms. The Balaban J connectivity index is 2.46. The molecular weight excluding hydrogens is 304 g/mol. The number of nitrogens with one attached hydrogen (secondary N) is 1. The van der Waals surface area contributed by atoms with Crippen LogP contribution in [0.15, 0.2) is 18.3 Å². The van der Waals surface area contributed by atoms with Crippen LogP contribution in [0.25, 0.3) is 10.9 Å². The Morgan fingerprint density at radius 3 is 2.67 bits per heavy atom. The summed E-state index contributed by atoms with van der Waals surface area (Å²) in [5.41, 5.74) is 6.37. The second-order valence-electron chi connectivity index (χ2n) is 4.34. The van der Waals surface area contributed by atoms with E-state index in [-0.39, 0.29) is 6.42 Å². The maximum atomic E-state index is 10.8. The van der Waals surface area contributed by atoms with E-state index in [2.05, 4.69) is 9.17 Å². The number of carboxylic acid groups (broad SMARTS) is 1. The number of aromatic nitrogens is 1. The highest BCUT2D eigenvalue weighted by molar-refractivity contribution is 7.81. The molecule has 114 valence electrons. The minimum Gasteiger partial charge on any atom is -0.504 e. The largest absolute Gasteiger partial charge is 0.504 e. The molecule has 1 atom stereocenters. The van der Waals surface area contributed by atoms with Crippen LogP contribution < -0.4 is 9.92 Å². The summed E-state index contributed by atoms with van der Waals surface area (Å²) in [5, 5.41) is 18.8. The van der Waals surface area contributed by atoms with Crippen molar-refractivity contribution in [2.45, 2.75) is 12.5 Å². The Morgan fingerprint density at radius 2 is 2.10 bits per heavy atom. The number of carboxylic acids is 1. The van der Waals surface area contributed by atoms with Gasteiger partial charge in [-0.15, -0.1) is 0 Å². The molecule has 21 heavy (non-hydrogen) atoms. The van der Waals surface area contributed by atoms with Crippen molar-refractivity contribution in [2.24, 2.45) is 5.73 Å². The van der Waals surface area contributed by atoms with Gasteiger partial charge in [-0.3, -0.25) is 9.35 Å². The number of nitrogens with two attached hydrogens (primary N) is 1. The van der Waals surface area contributed by atoms with Gasteiger partial charge < -0.3 is 25.1 Å². The van der Waals surface area contributed by atoms with Gasteiger partial charge in [-0.25, -0.2) is 0 Å². The maximum absolute atomic E-state index is 10.8. The summed E-state index contributed by atoms with van der Waals surface area (Å²) < 4.78 is 34.3. The van der Waals surface area contributed by atoms with Crippen molar-refractivity contribution >= 4 is 27.3 Å². The second-order valence-corrected chi connectivity index (χ2v) is 5.36. The first-order valence-electron chi connectivity index (χ1n) is 5.65. The van der Waals surface area contributed by atoms with Crippen molar-refractivity contribution in [3.8, 4) is 11.5 Å².